The van der Waals surface area contributed by atoms with Gasteiger partial charge in [-0.25, -0.2) is 13.2 Å². The molecule has 194 valence electrons. The second-order valence-electron chi connectivity index (χ2n) is 10.3. The fourth-order valence-electron chi connectivity index (χ4n) is 4.53. The molecule has 1 aliphatic rings. The minimum Gasteiger partial charge on any atom is -0.427 e. The third-order valence-corrected chi connectivity index (χ3v) is 7.34. The summed E-state index contributed by atoms with van der Waals surface area (Å²) in [6, 6.07) is 24.4. The first-order valence-electron chi connectivity index (χ1n) is 12.1. The Bertz CT molecular complexity index is 1400. The molecular formula is C29H31NO6S. The third-order valence-electron chi connectivity index (χ3n) is 6.23. The van der Waals surface area contributed by atoms with Crippen LogP contribution in [0.25, 0.3) is 11.1 Å². The number of hydrogen-bond acceptors (Lipinski definition) is 6. The zero-order chi connectivity index (χ0) is 26.8. The zero-order valence-corrected chi connectivity index (χ0v) is 22.2. The van der Waals surface area contributed by atoms with Crippen molar-refractivity contribution < 1.29 is 27.6 Å². The van der Waals surface area contributed by atoms with Crippen LogP contribution < -0.4 is 0 Å². The van der Waals surface area contributed by atoms with E-state index in [1.54, 1.807) is 39.0 Å². The molecule has 1 fully saturated rings. The van der Waals surface area contributed by atoms with Crippen LogP contribution >= 0.6 is 0 Å². The molecule has 0 N–H and O–H groups in total. The molecule has 0 unspecified atom stereocenters. The fraction of sp³-hybridized carbons (Fsp3) is 0.310. The first-order valence-corrected chi connectivity index (χ1v) is 14.0. The lowest BCUT2D eigenvalue weighted by molar-refractivity contribution is -0.184. The van der Waals surface area contributed by atoms with Gasteiger partial charge < -0.3 is 9.57 Å². The van der Waals surface area contributed by atoms with Gasteiger partial charge in [-0.3, -0.25) is 4.79 Å². The molecule has 0 radical (unpaired) electrons. The van der Waals surface area contributed by atoms with Gasteiger partial charge in [-0.05, 0) is 55.2 Å². The van der Waals surface area contributed by atoms with E-state index in [1.807, 2.05) is 60.7 Å². The predicted octanol–water partition coefficient (Wildman–Crippen LogP) is 5.72. The van der Waals surface area contributed by atoms with E-state index in [-0.39, 0.29) is 35.6 Å². The summed E-state index contributed by atoms with van der Waals surface area (Å²) in [5.41, 5.74) is 2.83. The van der Waals surface area contributed by atoms with Crippen LogP contribution in [-0.2, 0) is 24.2 Å². The maximum Gasteiger partial charge on any atom is 0.534 e. The van der Waals surface area contributed by atoms with Crippen LogP contribution in [0.4, 0.5) is 4.79 Å². The number of ether oxygens (including phenoxy) is 1. The Labute approximate surface area is 217 Å². The molecule has 1 heterocycles. The Hall–Kier alpha value is -3.65. The molecule has 8 heteroatoms. The summed E-state index contributed by atoms with van der Waals surface area (Å²) < 4.78 is 29.4. The number of carbonyl (C=O) groups excluding carboxylic acids is 2. The maximum atomic E-state index is 13.0. The summed E-state index contributed by atoms with van der Waals surface area (Å²) >= 11 is 0. The Balaban J connectivity index is 1.69. The number of sulfone groups is 1. The van der Waals surface area contributed by atoms with Crippen molar-refractivity contribution >= 4 is 21.9 Å². The van der Waals surface area contributed by atoms with Crippen LogP contribution in [0.15, 0.2) is 83.8 Å². The SMILES string of the molecule is CC(C)(C)OC(=O)ON1C[C@@H](c2cccc(-c3cccc(S(C)(=O)=O)c3)c2)[C@@H](c2ccccc2)CC1=O. The monoisotopic (exact) mass is 521 g/mol. The van der Waals surface area contributed by atoms with E-state index < -0.39 is 21.6 Å². The van der Waals surface area contributed by atoms with Gasteiger partial charge in [0.25, 0.3) is 5.91 Å². The normalized spacial score (nSPS) is 18.4. The number of carbonyl (C=O) groups is 2. The van der Waals surface area contributed by atoms with E-state index in [4.69, 9.17) is 9.57 Å². The highest BCUT2D eigenvalue weighted by Crippen LogP contribution is 2.41. The molecule has 2 atom stereocenters. The van der Waals surface area contributed by atoms with Crippen LogP contribution in [0.1, 0.15) is 50.2 Å². The molecule has 0 spiro atoms. The van der Waals surface area contributed by atoms with Gasteiger partial charge in [-0.2, -0.15) is 5.06 Å². The molecule has 1 aliphatic heterocycles. The van der Waals surface area contributed by atoms with E-state index in [1.165, 1.54) is 6.26 Å². The van der Waals surface area contributed by atoms with Crippen molar-refractivity contribution in [2.45, 2.75) is 49.5 Å². The lowest BCUT2D eigenvalue weighted by Crippen LogP contribution is -2.44. The lowest BCUT2D eigenvalue weighted by Gasteiger charge is -2.37. The number of amides is 1. The average Bonchev–Trinajstić information content (AvgIpc) is 2.84. The van der Waals surface area contributed by atoms with Crippen molar-refractivity contribution in [1.82, 2.24) is 5.06 Å². The van der Waals surface area contributed by atoms with Gasteiger partial charge in [0.15, 0.2) is 9.84 Å². The highest BCUT2D eigenvalue weighted by molar-refractivity contribution is 7.90. The quantitative estimate of drug-likeness (QED) is 0.399. The Kier molecular flexibility index (Phi) is 7.41. The molecule has 1 amide bonds. The van der Waals surface area contributed by atoms with E-state index in [0.717, 1.165) is 27.3 Å². The van der Waals surface area contributed by atoms with Crippen LogP contribution in [0.5, 0.6) is 0 Å². The fourth-order valence-corrected chi connectivity index (χ4v) is 5.20. The Morgan fingerprint density at radius 1 is 0.865 bits per heavy atom. The summed E-state index contributed by atoms with van der Waals surface area (Å²) in [5, 5.41) is 1.09. The maximum absolute atomic E-state index is 13.0. The number of hydrogen-bond donors (Lipinski definition) is 0. The predicted molar refractivity (Wildman–Crippen MR) is 141 cm³/mol. The minimum atomic E-state index is -3.35. The van der Waals surface area contributed by atoms with Crippen molar-refractivity contribution in [3.05, 3.63) is 90.0 Å². The first-order chi connectivity index (χ1) is 17.4. The van der Waals surface area contributed by atoms with Crippen LogP contribution in [-0.4, -0.2) is 43.9 Å². The number of rotatable bonds is 5. The van der Waals surface area contributed by atoms with Gasteiger partial charge in [-0.15, -0.1) is 0 Å². The second kappa shape index (κ2) is 10.4. The first kappa shape index (κ1) is 26.4. The molecule has 3 aromatic rings. The lowest BCUT2D eigenvalue weighted by atomic mass is 9.76. The van der Waals surface area contributed by atoms with Gasteiger partial charge in [0.05, 0.1) is 11.4 Å². The van der Waals surface area contributed by atoms with E-state index >= 15 is 0 Å². The van der Waals surface area contributed by atoms with Gasteiger partial charge in [-0.1, -0.05) is 66.7 Å². The number of nitrogens with zero attached hydrogens (tertiary/aromatic N) is 1. The van der Waals surface area contributed by atoms with Crippen LogP contribution in [0, 0.1) is 0 Å². The van der Waals surface area contributed by atoms with Crippen LogP contribution in [0.2, 0.25) is 0 Å². The number of hydroxylamine groups is 2. The number of piperidine rings is 1. The van der Waals surface area contributed by atoms with E-state index in [0.29, 0.717) is 0 Å². The summed E-state index contributed by atoms with van der Waals surface area (Å²) in [7, 11) is -3.35. The summed E-state index contributed by atoms with van der Waals surface area (Å²) in [5.74, 6) is -0.613. The van der Waals surface area contributed by atoms with E-state index in [2.05, 4.69) is 0 Å². The topological polar surface area (TPSA) is 90.0 Å². The molecule has 7 nitrogen and oxygen atoms in total. The number of benzene rings is 3. The van der Waals surface area contributed by atoms with Gasteiger partial charge >= 0.3 is 6.16 Å². The smallest absolute Gasteiger partial charge is 0.427 e. The molecule has 4 rings (SSSR count). The van der Waals surface area contributed by atoms with E-state index in [9.17, 15) is 18.0 Å². The van der Waals surface area contributed by atoms with Crippen molar-refractivity contribution in [3.63, 3.8) is 0 Å². The van der Waals surface area contributed by atoms with Crippen molar-refractivity contribution in [3.8, 4) is 11.1 Å². The molecule has 3 aromatic carbocycles. The minimum absolute atomic E-state index is 0.134. The van der Waals surface area contributed by atoms with Crippen LogP contribution in [0.3, 0.4) is 0 Å². The summed E-state index contributed by atoms with van der Waals surface area (Å²) in [6.45, 7) is 5.34. The Morgan fingerprint density at radius 2 is 1.49 bits per heavy atom. The average molecular weight is 522 g/mol. The molecule has 0 bridgehead atoms. The van der Waals surface area contributed by atoms with Crippen molar-refractivity contribution in [2.75, 3.05) is 12.8 Å². The molecule has 37 heavy (non-hydrogen) atoms. The highest BCUT2D eigenvalue weighted by Gasteiger charge is 2.38. The third kappa shape index (κ3) is 6.57. The van der Waals surface area contributed by atoms with Gasteiger partial charge in [0.2, 0.25) is 0 Å². The largest absolute Gasteiger partial charge is 0.534 e. The molecule has 0 saturated carbocycles. The molecule has 1 saturated heterocycles. The molecule has 0 aromatic heterocycles. The molecular weight excluding hydrogens is 490 g/mol. The van der Waals surface area contributed by atoms with Crippen molar-refractivity contribution in [2.24, 2.45) is 0 Å². The second-order valence-corrected chi connectivity index (χ2v) is 12.3. The molecule has 0 aliphatic carbocycles. The summed E-state index contributed by atoms with van der Waals surface area (Å²) in [6.07, 6.45) is 0.417. The zero-order valence-electron chi connectivity index (χ0n) is 21.4. The van der Waals surface area contributed by atoms with Gasteiger partial charge in [0, 0.05) is 24.5 Å². The standard InChI is InChI=1S/C29H31NO6S/c1-29(2,3)35-28(32)36-30-19-26(25(18-27(30)31)20-10-6-5-7-11-20)23-14-8-12-21(16-23)22-13-9-15-24(17-22)37(4,33)34/h5-17,25-26H,18-19H2,1-4H3/t25-,26+/m1/s1. The summed E-state index contributed by atoms with van der Waals surface area (Å²) in [4.78, 5) is 30.9. The van der Waals surface area contributed by atoms with Crippen molar-refractivity contribution in [1.29, 1.82) is 0 Å². The Morgan fingerprint density at radius 3 is 2.14 bits per heavy atom. The highest BCUT2D eigenvalue weighted by atomic mass is 32.2. The van der Waals surface area contributed by atoms with Gasteiger partial charge in [0.1, 0.15) is 5.60 Å².